The summed E-state index contributed by atoms with van der Waals surface area (Å²) in [4.78, 5) is 13.2. The Morgan fingerprint density at radius 3 is 1.85 bits per heavy atom. The molecule has 0 atom stereocenters. The van der Waals surface area contributed by atoms with Gasteiger partial charge in [-0.1, -0.05) is 84.9 Å². The number of ketones is 1. The molecule has 0 N–H and O–H groups in total. The summed E-state index contributed by atoms with van der Waals surface area (Å²) in [6.07, 6.45) is 0. The molecule has 1 aliphatic carbocycles. The van der Waals surface area contributed by atoms with Gasteiger partial charge in [-0.3, -0.25) is 9.48 Å². The fourth-order valence-electron chi connectivity index (χ4n) is 4.10. The van der Waals surface area contributed by atoms with Gasteiger partial charge in [-0.25, -0.2) is 0 Å². The number of nitrogens with zero attached hydrogens (tertiary/aromatic N) is 2. The van der Waals surface area contributed by atoms with E-state index >= 15 is 0 Å². The Hall–Kier alpha value is -3.46. The zero-order valence-electron chi connectivity index (χ0n) is 15.0. The van der Waals surface area contributed by atoms with Crippen molar-refractivity contribution in [2.24, 2.45) is 7.05 Å². The minimum absolute atomic E-state index is 0.0492. The summed E-state index contributed by atoms with van der Waals surface area (Å²) in [5, 5.41) is 4.75. The van der Waals surface area contributed by atoms with Crippen LogP contribution in [0.2, 0.25) is 0 Å². The molecule has 0 spiro atoms. The summed E-state index contributed by atoms with van der Waals surface area (Å²) >= 11 is 0. The molecule has 0 saturated carbocycles. The Morgan fingerprint density at radius 1 is 0.741 bits per heavy atom. The number of aromatic nitrogens is 2. The second-order valence-electron chi connectivity index (χ2n) is 6.86. The average molecular weight is 350 g/mol. The predicted molar refractivity (Wildman–Crippen MR) is 106 cm³/mol. The van der Waals surface area contributed by atoms with Gasteiger partial charge in [0.25, 0.3) is 0 Å². The van der Waals surface area contributed by atoms with Gasteiger partial charge in [0.1, 0.15) is 5.69 Å². The fourth-order valence-corrected chi connectivity index (χ4v) is 4.10. The number of fused-ring (bicyclic) bond motifs is 3. The lowest BCUT2D eigenvalue weighted by Crippen LogP contribution is -2.13. The largest absolute Gasteiger partial charge is 0.288 e. The minimum Gasteiger partial charge on any atom is -0.288 e. The Bertz CT molecular complexity index is 1100. The molecule has 4 aromatic rings. The van der Waals surface area contributed by atoms with Crippen molar-refractivity contribution in [2.75, 3.05) is 0 Å². The van der Waals surface area contributed by atoms with Crippen LogP contribution in [0.4, 0.5) is 0 Å². The van der Waals surface area contributed by atoms with Crippen molar-refractivity contribution in [3.05, 3.63) is 113 Å². The van der Waals surface area contributed by atoms with Crippen LogP contribution in [0.15, 0.2) is 84.9 Å². The van der Waals surface area contributed by atoms with Gasteiger partial charge in [-0.2, -0.15) is 5.10 Å². The van der Waals surface area contributed by atoms with Gasteiger partial charge >= 0.3 is 0 Å². The molecule has 27 heavy (non-hydrogen) atoms. The molecule has 0 aliphatic heterocycles. The van der Waals surface area contributed by atoms with E-state index in [4.69, 9.17) is 5.10 Å². The topological polar surface area (TPSA) is 34.9 Å². The predicted octanol–water partition coefficient (Wildman–Crippen LogP) is 4.81. The normalized spacial score (nSPS) is 12.3. The first-order chi connectivity index (χ1) is 13.3. The Morgan fingerprint density at radius 2 is 1.26 bits per heavy atom. The van der Waals surface area contributed by atoms with Gasteiger partial charge in [-0.15, -0.1) is 0 Å². The minimum atomic E-state index is -0.0492. The third-order valence-electron chi connectivity index (χ3n) is 5.28. The second kappa shape index (κ2) is 6.06. The number of aryl methyl sites for hydroxylation is 1. The number of hydrogen-bond acceptors (Lipinski definition) is 2. The van der Waals surface area contributed by atoms with E-state index in [1.54, 1.807) is 0 Å². The third kappa shape index (κ3) is 2.36. The highest BCUT2D eigenvalue weighted by molar-refractivity contribution is 6.21. The lowest BCUT2D eigenvalue weighted by Gasteiger charge is -2.20. The molecule has 0 radical (unpaired) electrons. The maximum Gasteiger partial charge on any atom is 0.197 e. The van der Waals surface area contributed by atoms with Crippen molar-refractivity contribution >= 4 is 5.78 Å². The van der Waals surface area contributed by atoms with Crippen molar-refractivity contribution in [1.82, 2.24) is 9.78 Å². The number of carbonyl (C=O) groups is 1. The summed E-state index contributed by atoms with van der Waals surface area (Å²) in [5.74, 6) is 0.0208. The average Bonchev–Trinajstić information content (AvgIpc) is 3.19. The van der Waals surface area contributed by atoms with E-state index in [9.17, 15) is 4.79 Å². The van der Waals surface area contributed by atoms with Crippen LogP contribution in [0.25, 0.3) is 11.3 Å². The number of hydrogen-bond donors (Lipinski definition) is 0. The molecule has 0 saturated heterocycles. The van der Waals surface area contributed by atoms with Gasteiger partial charge in [0.2, 0.25) is 0 Å². The number of benzene rings is 3. The first kappa shape index (κ1) is 15.8. The highest BCUT2D eigenvalue weighted by atomic mass is 16.1. The van der Waals surface area contributed by atoms with Crippen LogP contribution in [0.5, 0.6) is 0 Å². The zero-order chi connectivity index (χ0) is 18.4. The Balaban J connectivity index is 1.78. The highest BCUT2D eigenvalue weighted by Crippen LogP contribution is 2.43. The van der Waals surface area contributed by atoms with Gasteiger partial charge < -0.3 is 0 Å². The molecule has 3 heteroatoms. The van der Waals surface area contributed by atoms with E-state index in [1.165, 1.54) is 0 Å². The summed E-state index contributed by atoms with van der Waals surface area (Å²) in [5.41, 5.74) is 6.46. The monoisotopic (exact) mass is 350 g/mol. The third-order valence-corrected chi connectivity index (χ3v) is 5.28. The summed E-state index contributed by atoms with van der Waals surface area (Å²) < 4.78 is 1.88. The lowest BCUT2D eigenvalue weighted by atomic mass is 9.86. The smallest absolute Gasteiger partial charge is 0.197 e. The molecule has 1 aromatic heterocycles. The summed E-state index contributed by atoms with van der Waals surface area (Å²) in [7, 11) is 1.93. The second-order valence-corrected chi connectivity index (χ2v) is 6.86. The van der Waals surface area contributed by atoms with Crippen LogP contribution < -0.4 is 0 Å². The molecule has 0 bridgehead atoms. The number of carbonyl (C=O) groups excluding carboxylic acids is 1. The maximum atomic E-state index is 13.2. The van der Waals surface area contributed by atoms with E-state index in [2.05, 4.69) is 24.3 Å². The van der Waals surface area contributed by atoms with E-state index < -0.39 is 0 Å². The molecular formula is C24H18N2O. The fraction of sp³-hybridized carbons (Fsp3) is 0.0833. The van der Waals surface area contributed by atoms with Crippen molar-refractivity contribution < 1.29 is 4.79 Å². The SMILES string of the molecule is Cn1nc2c(c1C(c1ccccc1)c1ccccc1)C(=O)c1ccccc1-2. The Kier molecular flexibility index (Phi) is 3.54. The van der Waals surface area contributed by atoms with Crippen LogP contribution in [0.3, 0.4) is 0 Å². The summed E-state index contributed by atoms with van der Waals surface area (Å²) in [6.45, 7) is 0. The van der Waals surface area contributed by atoms with Crippen LogP contribution >= 0.6 is 0 Å². The summed E-state index contributed by atoms with van der Waals surface area (Å²) in [6, 6.07) is 28.4. The first-order valence-corrected chi connectivity index (χ1v) is 9.06. The van der Waals surface area contributed by atoms with Gasteiger partial charge in [0.05, 0.1) is 17.2 Å². The molecule has 3 aromatic carbocycles. The van der Waals surface area contributed by atoms with Crippen molar-refractivity contribution in [3.63, 3.8) is 0 Å². The standard InChI is InChI=1S/C24H18N2O/c1-26-23(21-22(25-26)18-14-8-9-15-19(18)24(21)27)20(16-10-4-2-5-11-16)17-12-6-3-7-13-17/h2-15,20H,1H3. The van der Waals surface area contributed by atoms with E-state index in [-0.39, 0.29) is 11.7 Å². The molecule has 0 amide bonds. The van der Waals surface area contributed by atoms with E-state index in [1.807, 2.05) is 72.4 Å². The quantitative estimate of drug-likeness (QED) is 0.468. The van der Waals surface area contributed by atoms with Gasteiger partial charge in [0.15, 0.2) is 5.78 Å². The lowest BCUT2D eigenvalue weighted by molar-refractivity contribution is 0.104. The molecule has 5 rings (SSSR count). The van der Waals surface area contributed by atoms with E-state index in [0.29, 0.717) is 0 Å². The first-order valence-electron chi connectivity index (χ1n) is 9.06. The molecule has 0 fully saturated rings. The maximum absolute atomic E-state index is 13.2. The molecule has 1 aliphatic rings. The van der Waals surface area contributed by atoms with Gasteiger partial charge in [-0.05, 0) is 11.1 Å². The van der Waals surface area contributed by atoms with Crippen molar-refractivity contribution in [1.29, 1.82) is 0 Å². The Labute approximate surface area is 157 Å². The highest BCUT2D eigenvalue weighted by Gasteiger charge is 2.36. The van der Waals surface area contributed by atoms with Gasteiger partial charge in [0, 0.05) is 18.2 Å². The van der Waals surface area contributed by atoms with Crippen LogP contribution in [0, 0.1) is 0 Å². The molecule has 1 heterocycles. The van der Waals surface area contributed by atoms with Crippen LogP contribution in [-0.2, 0) is 7.05 Å². The molecule has 3 nitrogen and oxygen atoms in total. The van der Waals surface area contributed by atoms with Crippen molar-refractivity contribution in [2.45, 2.75) is 5.92 Å². The number of rotatable bonds is 3. The van der Waals surface area contributed by atoms with Crippen LogP contribution in [0.1, 0.15) is 38.7 Å². The van der Waals surface area contributed by atoms with E-state index in [0.717, 1.165) is 39.2 Å². The zero-order valence-corrected chi connectivity index (χ0v) is 15.0. The molecule has 130 valence electrons. The molecular weight excluding hydrogens is 332 g/mol. The van der Waals surface area contributed by atoms with Crippen molar-refractivity contribution in [3.8, 4) is 11.3 Å². The molecule has 0 unspecified atom stereocenters. The van der Waals surface area contributed by atoms with Crippen LogP contribution in [-0.4, -0.2) is 15.6 Å².